The molecule has 3 heterocycles. The lowest BCUT2D eigenvalue weighted by Gasteiger charge is -2.32. The van der Waals surface area contributed by atoms with Gasteiger partial charge < -0.3 is 24.8 Å². The van der Waals surface area contributed by atoms with Gasteiger partial charge in [-0.25, -0.2) is 4.39 Å². The van der Waals surface area contributed by atoms with Crippen LogP contribution in [0.1, 0.15) is 66.0 Å². The van der Waals surface area contributed by atoms with E-state index in [1.54, 1.807) is 67.1 Å². The van der Waals surface area contributed by atoms with Crippen LogP contribution in [-0.4, -0.2) is 50.8 Å². The first kappa shape index (κ1) is 35.0. The molecule has 1 fully saturated rings. The normalized spacial score (nSPS) is 21.7. The van der Waals surface area contributed by atoms with E-state index in [2.05, 4.69) is 15.6 Å². The predicted octanol–water partition coefficient (Wildman–Crippen LogP) is 6.85. The molecule has 0 bridgehead atoms. The number of nitrogens with one attached hydrogen (secondary N) is 1. The molecule has 1 spiro atoms. The molecule has 11 heteroatoms. The molecule has 0 radical (unpaired) electrons. The van der Waals surface area contributed by atoms with Gasteiger partial charge in [-0.2, -0.15) is 0 Å². The minimum absolute atomic E-state index is 0.222. The quantitative estimate of drug-likeness (QED) is 0.155. The third-order valence-corrected chi connectivity index (χ3v) is 10.3. The molecule has 268 valence electrons. The molecular formula is C41H42FN5O5. The van der Waals surface area contributed by atoms with Crippen LogP contribution in [0.15, 0.2) is 109 Å². The topological polar surface area (TPSA) is 119 Å². The molecule has 4 aromatic carbocycles. The minimum atomic E-state index is -1.66. The van der Waals surface area contributed by atoms with Crippen LogP contribution in [0.25, 0.3) is 0 Å². The average molecular weight is 704 g/mol. The van der Waals surface area contributed by atoms with E-state index in [-0.39, 0.29) is 18.4 Å². The molecule has 5 atom stereocenters. The van der Waals surface area contributed by atoms with Crippen LogP contribution in [-0.2, 0) is 28.2 Å². The molecular weight excluding hydrogens is 661 g/mol. The maximum Gasteiger partial charge on any atom is 0.264 e. The van der Waals surface area contributed by atoms with E-state index in [1.807, 2.05) is 79.7 Å². The number of aliphatic hydroxyl groups excluding tert-OH is 1. The third kappa shape index (κ3) is 6.46. The Morgan fingerprint density at radius 2 is 1.77 bits per heavy atom. The standard InChI is InChI=1S/C41H42FN5O5/c1-26-36(40(2,3)42)35(21-22-46-25-33(44-45-46)37(48)28-12-6-5-7-13-28)52-41(26)32-15-8-9-16-34(32)47(39(41)50)24-27-11-10-14-30(23-27)43-38(49)29-17-19-31(51-4)20-18-29/h5-20,23,25-26,35-37,48H,21-22,24H2,1-4H3,(H,43,49)/t26-,35+,36-,37+,41+/m0/s1. The summed E-state index contributed by atoms with van der Waals surface area (Å²) in [5.41, 5.74) is 1.35. The van der Waals surface area contributed by atoms with Gasteiger partial charge in [0.15, 0.2) is 5.60 Å². The van der Waals surface area contributed by atoms with Crippen molar-refractivity contribution in [1.82, 2.24) is 15.0 Å². The summed E-state index contributed by atoms with van der Waals surface area (Å²) in [4.78, 5) is 29.4. The van der Waals surface area contributed by atoms with Crippen molar-refractivity contribution < 1.29 is 28.6 Å². The van der Waals surface area contributed by atoms with Gasteiger partial charge in [0.05, 0.1) is 31.6 Å². The highest BCUT2D eigenvalue weighted by molar-refractivity contribution is 6.07. The van der Waals surface area contributed by atoms with Crippen LogP contribution in [0.2, 0.25) is 0 Å². The molecule has 0 unspecified atom stereocenters. The van der Waals surface area contributed by atoms with Crippen molar-refractivity contribution in [2.24, 2.45) is 11.8 Å². The Morgan fingerprint density at radius 1 is 1.04 bits per heavy atom. The van der Waals surface area contributed by atoms with Crippen LogP contribution in [0.5, 0.6) is 5.75 Å². The number of carbonyl (C=O) groups excluding carboxylic acids is 2. The Balaban J connectivity index is 1.11. The predicted molar refractivity (Wildman–Crippen MR) is 195 cm³/mol. The number of halogens is 1. The second kappa shape index (κ2) is 14.0. The Morgan fingerprint density at radius 3 is 2.50 bits per heavy atom. The second-order valence-corrected chi connectivity index (χ2v) is 14.1. The molecule has 2 amide bonds. The number of aliphatic hydroxyl groups is 1. The number of carbonyl (C=O) groups is 2. The average Bonchev–Trinajstić information content (AvgIpc) is 3.81. The van der Waals surface area contributed by atoms with E-state index in [4.69, 9.17) is 9.47 Å². The number of alkyl halides is 1. The molecule has 52 heavy (non-hydrogen) atoms. The zero-order valence-electron chi connectivity index (χ0n) is 29.6. The van der Waals surface area contributed by atoms with Gasteiger partial charge in [0.25, 0.3) is 11.8 Å². The number of aryl methyl sites for hydroxylation is 1. The Kier molecular flexibility index (Phi) is 9.41. The lowest BCUT2D eigenvalue weighted by Crippen LogP contribution is -2.45. The van der Waals surface area contributed by atoms with Crippen molar-refractivity contribution in [3.05, 3.63) is 137 Å². The molecule has 1 saturated heterocycles. The molecule has 5 aromatic rings. The summed E-state index contributed by atoms with van der Waals surface area (Å²) in [5, 5.41) is 22.2. The number of hydrogen-bond acceptors (Lipinski definition) is 7. The maximum absolute atomic E-state index is 16.2. The summed E-state index contributed by atoms with van der Waals surface area (Å²) in [6.45, 7) is 5.57. The van der Waals surface area contributed by atoms with Crippen LogP contribution in [0.4, 0.5) is 15.8 Å². The third-order valence-electron chi connectivity index (χ3n) is 10.3. The lowest BCUT2D eigenvalue weighted by atomic mass is 9.71. The van der Waals surface area contributed by atoms with Gasteiger partial charge in [-0.05, 0) is 73.9 Å². The number of methoxy groups -OCH3 is 1. The smallest absolute Gasteiger partial charge is 0.264 e. The molecule has 10 nitrogen and oxygen atoms in total. The van der Waals surface area contributed by atoms with Gasteiger partial charge in [0.1, 0.15) is 23.2 Å². The largest absolute Gasteiger partial charge is 0.497 e. The number of nitrogens with zero attached hydrogens (tertiary/aromatic N) is 4. The highest BCUT2D eigenvalue weighted by Gasteiger charge is 2.66. The molecule has 7 rings (SSSR count). The molecule has 1 aromatic heterocycles. The van der Waals surface area contributed by atoms with E-state index < -0.39 is 35.3 Å². The van der Waals surface area contributed by atoms with Crippen molar-refractivity contribution in [2.75, 3.05) is 17.3 Å². The van der Waals surface area contributed by atoms with Crippen LogP contribution >= 0.6 is 0 Å². The van der Waals surface area contributed by atoms with Gasteiger partial charge in [0, 0.05) is 35.2 Å². The summed E-state index contributed by atoms with van der Waals surface area (Å²) in [7, 11) is 1.57. The van der Waals surface area contributed by atoms with Gasteiger partial charge in [0.2, 0.25) is 0 Å². The zero-order valence-corrected chi connectivity index (χ0v) is 29.6. The first-order chi connectivity index (χ1) is 25.0. The summed E-state index contributed by atoms with van der Waals surface area (Å²) in [6, 6.07) is 31.0. The highest BCUT2D eigenvalue weighted by atomic mass is 19.1. The Labute approximate surface area is 302 Å². The second-order valence-electron chi connectivity index (χ2n) is 14.1. The number of para-hydroxylation sites is 1. The zero-order chi connectivity index (χ0) is 36.6. The SMILES string of the molecule is COc1ccc(C(=O)Nc2cccc(CN3C(=O)[C@]4(O[C@H](CCn5cc([C@H](O)c6ccccc6)nn5)[C@@H](C(C)(C)F)[C@@H]4C)c4ccccc43)c2)cc1. The molecule has 2 aliphatic rings. The number of fused-ring (bicyclic) bond motifs is 2. The fourth-order valence-corrected chi connectivity index (χ4v) is 7.92. The first-order valence-corrected chi connectivity index (χ1v) is 17.4. The van der Waals surface area contributed by atoms with E-state index in [9.17, 15) is 14.7 Å². The number of benzene rings is 4. The Bertz CT molecular complexity index is 2060. The van der Waals surface area contributed by atoms with Gasteiger partial charge in [-0.15, -0.1) is 5.10 Å². The number of anilines is 2. The summed E-state index contributed by atoms with van der Waals surface area (Å²) < 4.78 is 29.9. The van der Waals surface area contributed by atoms with Crippen LogP contribution in [0, 0.1) is 11.8 Å². The van der Waals surface area contributed by atoms with Crippen molar-refractivity contribution >= 4 is 23.2 Å². The number of ether oxygens (including phenoxy) is 2. The molecule has 2 N–H and O–H groups in total. The lowest BCUT2D eigenvalue weighted by molar-refractivity contribution is -0.146. The fraction of sp³-hybridized carbons (Fsp3) is 0.317. The van der Waals surface area contributed by atoms with Gasteiger partial charge >= 0.3 is 0 Å². The van der Waals surface area contributed by atoms with Crippen molar-refractivity contribution in [1.29, 1.82) is 0 Å². The monoisotopic (exact) mass is 703 g/mol. The highest BCUT2D eigenvalue weighted by Crippen LogP contribution is 2.58. The van der Waals surface area contributed by atoms with Crippen molar-refractivity contribution in [3.63, 3.8) is 0 Å². The fourth-order valence-electron chi connectivity index (χ4n) is 7.92. The maximum atomic E-state index is 16.2. The first-order valence-electron chi connectivity index (χ1n) is 17.4. The van der Waals surface area contributed by atoms with E-state index in [0.29, 0.717) is 52.5 Å². The van der Waals surface area contributed by atoms with E-state index in [0.717, 1.165) is 5.56 Å². The van der Waals surface area contributed by atoms with E-state index >= 15 is 4.39 Å². The number of amides is 2. The van der Waals surface area contributed by atoms with Gasteiger partial charge in [-0.1, -0.05) is 72.8 Å². The summed E-state index contributed by atoms with van der Waals surface area (Å²) >= 11 is 0. The summed E-state index contributed by atoms with van der Waals surface area (Å²) in [6.07, 6.45) is 0.518. The molecule has 0 saturated carbocycles. The minimum Gasteiger partial charge on any atom is -0.497 e. The van der Waals surface area contributed by atoms with Crippen LogP contribution < -0.4 is 15.0 Å². The van der Waals surface area contributed by atoms with Gasteiger partial charge in [-0.3, -0.25) is 14.3 Å². The van der Waals surface area contributed by atoms with Crippen molar-refractivity contribution in [2.45, 2.75) is 63.8 Å². The Hall–Kier alpha value is -5.39. The number of rotatable bonds is 11. The molecule has 0 aliphatic carbocycles. The van der Waals surface area contributed by atoms with E-state index in [1.165, 1.54) is 0 Å². The number of hydrogen-bond donors (Lipinski definition) is 2. The number of aromatic nitrogens is 3. The summed E-state index contributed by atoms with van der Waals surface area (Å²) in [5.74, 6) is -0.977. The molecule has 2 aliphatic heterocycles. The van der Waals surface area contributed by atoms with Crippen molar-refractivity contribution in [3.8, 4) is 5.75 Å². The van der Waals surface area contributed by atoms with Crippen LogP contribution in [0.3, 0.4) is 0 Å².